The third-order valence-corrected chi connectivity index (χ3v) is 15.4. The molecule has 11 unspecified atom stereocenters. The Labute approximate surface area is 228 Å². The summed E-state index contributed by atoms with van der Waals surface area (Å²) in [6, 6.07) is 0. The average molecular weight is 515 g/mol. The van der Waals surface area contributed by atoms with E-state index in [1.165, 1.54) is 44.9 Å². The van der Waals surface area contributed by atoms with Crippen LogP contribution < -0.4 is 0 Å². The molecule has 2 aliphatic heterocycles. The second-order valence-electron chi connectivity index (χ2n) is 16.2. The van der Waals surface area contributed by atoms with Crippen molar-refractivity contribution in [3.05, 3.63) is 0 Å². The van der Waals surface area contributed by atoms with Gasteiger partial charge in [-0.25, -0.2) is 0 Å². The highest BCUT2D eigenvalue weighted by Gasteiger charge is 2.78. The van der Waals surface area contributed by atoms with E-state index in [-0.39, 0.29) is 17.3 Å². The van der Waals surface area contributed by atoms with Crippen molar-refractivity contribution in [1.29, 1.82) is 0 Å². The number of hydrogen-bond donors (Lipinski definition) is 0. The fraction of sp³-hybridized carbons (Fsp3) is 1.00. The van der Waals surface area contributed by atoms with Gasteiger partial charge in [0.15, 0.2) is 5.79 Å². The first-order valence-electron chi connectivity index (χ1n) is 16.2. The Morgan fingerprint density at radius 3 is 2.22 bits per heavy atom. The van der Waals surface area contributed by atoms with Gasteiger partial charge in [0.2, 0.25) is 0 Å². The SMILES string of the molecule is CCO[C@@H]1CC2CCC3C(CC[C@@]4(C)C3(C)CC3OC5(CC(C)C(C)C(C)O5)[C@@H](C)C34C)[C@@]2(C)CC1C. The quantitative estimate of drug-likeness (QED) is 0.370. The van der Waals surface area contributed by atoms with Gasteiger partial charge in [-0.3, -0.25) is 0 Å². The molecule has 15 atom stereocenters. The Morgan fingerprint density at radius 1 is 0.811 bits per heavy atom. The van der Waals surface area contributed by atoms with Crippen molar-refractivity contribution < 1.29 is 14.2 Å². The Bertz CT molecular complexity index is 889. The predicted octanol–water partition coefficient (Wildman–Crippen LogP) is 8.50. The van der Waals surface area contributed by atoms with Gasteiger partial charge >= 0.3 is 0 Å². The number of rotatable bonds is 2. The van der Waals surface area contributed by atoms with Crippen LogP contribution in [0.4, 0.5) is 0 Å². The lowest BCUT2D eigenvalue weighted by Gasteiger charge is -2.67. The third-order valence-electron chi connectivity index (χ3n) is 15.4. The third kappa shape index (κ3) is 3.23. The van der Waals surface area contributed by atoms with Crippen LogP contribution in [0.1, 0.15) is 121 Å². The van der Waals surface area contributed by atoms with Crippen LogP contribution in [0, 0.1) is 63.1 Å². The molecule has 6 rings (SSSR count). The van der Waals surface area contributed by atoms with Gasteiger partial charge in [0, 0.05) is 24.4 Å². The zero-order valence-electron chi connectivity index (χ0n) is 25.9. The van der Waals surface area contributed by atoms with Crippen LogP contribution in [0.25, 0.3) is 0 Å². The number of fused-ring (bicyclic) bond motifs is 7. The monoisotopic (exact) mass is 514 g/mol. The van der Waals surface area contributed by atoms with Gasteiger partial charge in [-0.05, 0) is 111 Å². The van der Waals surface area contributed by atoms with Gasteiger partial charge in [0.05, 0.1) is 18.3 Å². The van der Waals surface area contributed by atoms with Gasteiger partial charge in [0.1, 0.15) is 0 Å². The van der Waals surface area contributed by atoms with E-state index in [1.807, 2.05) is 0 Å². The second kappa shape index (κ2) is 8.45. The first-order chi connectivity index (χ1) is 17.3. The number of ether oxygens (including phenoxy) is 3. The normalized spacial score (nSPS) is 63.1. The van der Waals surface area contributed by atoms with Gasteiger partial charge in [-0.15, -0.1) is 0 Å². The Balaban J connectivity index is 1.31. The van der Waals surface area contributed by atoms with Crippen molar-refractivity contribution in [2.45, 2.75) is 145 Å². The largest absolute Gasteiger partial charge is 0.378 e. The second-order valence-corrected chi connectivity index (χ2v) is 16.2. The Kier molecular flexibility index (Phi) is 6.18. The molecule has 0 bridgehead atoms. The Hall–Kier alpha value is -0.120. The summed E-state index contributed by atoms with van der Waals surface area (Å²) < 4.78 is 20.4. The van der Waals surface area contributed by atoms with E-state index in [9.17, 15) is 0 Å². The predicted molar refractivity (Wildman–Crippen MR) is 150 cm³/mol. The van der Waals surface area contributed by atoms with Crippen LogP contribution in [0.2, 0.25) is 0 Å². The van der Waals surface area contributed by atoms with E-state index >= 15 is 0 Å². The summed E-state index contributed by atoms with van der Waals surface area (Å²) in [6.07, 6.45) is 11.6. The summed E-state index contributed by atoms with van der Waals surface area (Å²) in [5.74, 6) is 4.48. The van der Waals surface area contributed by atoms with Crippen LogP contribution in [0.3, 0.4) is 0 Å². The molecule has 0 aromatic heterocycles. The van der Waals surface area contributed by atoms with Crippen LogP contribution in [-0.4, -0.2) is 30.7 Å². The standard InChI is InChI=1S/C34H58O3/c1-11-35-28-16-25-12-13-27-26(30(25,7)17-21(28)3)14-15-32(9)31(27,8)19-29-33(32,10)24(6)34(37-29)18-20(2)22(4)23(5)36-34/h20-29H,11-19H2,1-10H3/t20?,21?,22?,23?,24-,25?,26?,27?,28+,29?,30-,31?,32-,33?,34?/m0/s1. The molecular formula is C34H58O3. The molecule has 0 amide bonds. The smallest absolute Gasteiger partial charge is 0.172 e. The fourth-order valence-electron chi connectivity index (χ4n) is 12.5. The van der Waals surface area contributed by atoms with Gasteiger partial charge in [0.25, 0.3) is 0 Å². The van der Waals surface area contributed by atoms with E-state index in [1.54, 1.807) is 0 Å². The summed E-state index contributed by atoms with van der Waals surface area (Å²) in [7, 11) is 0. The average Bonchev–Trinajstić information content (AvgIpc) is 3.13. The van der Waals surface area contributed by atoms with Crippen molar-refractivity contribution in [3.63, 3.8) is 0 Å². The van der Waals surface area contributed by atoms with E-state index in [0.717, 1.165) is 30.8 Å². The molecule has 37 heavy (non-hydrogen) atoms. The molecule has 1 spiro atoms. The van der Waals surface area contributed by atoms with Crippen molar-refractivity contribution >= 4 is 0 Å². The summed E-state index contributed by atoms with van der Waals surface area (Å²) >= 11 is 0. The zero-order chi connectivity index (χ0) is 26.8. The van der Waals surface area contributed by atoms with Crippen molar-refractivity contribution in [2.75, 3.05) is 6.61 Å². The Morgan fingerprint density at radius 2 is 1.54 bits per heavy atom. The van der Waals surface area contributed by atoms with Crippen LogP contribution in [0.5, 0.6) is 0 Å². The fourth-order valence-corrected chi connectivity index (χ4v) is 12.5. The lowest BCUT2D eigenvalue weighted by molar-refractivity contribution is -0.308. The molecule has 2 heterocycles. The minimum absolute atomic E-state index is 0.171. The van der Waals surface area contributed by atoms with E-state index in [2.05, 4.69) is 69.2 Å². The summed E-state index contributed by atoms with van der Waals surface area (Å²) in [6.45, 7) is 25.8. The minimum Gasteiger partial charge on any atom is -0.378 e. The van der Waals surface area contributed by atoms with Gasteiger partial charge < -0.3 is 14.2 Å². The molecular weight excluding hydrogens is 456 g/mol. The molecule has 0 radical (unpaired) electrons. The maximum atomic E-state index is 7.27. The van der Waals surface area contributed by atoms with Crippen LogP contribution in [-0.2, 0) is 14.2 Å². The topological polar surface area (TPSA) is 27.7 Å². The molecule has 4 saturated carbocycles. The molecule has 0 aromatic rings. The lowest BCUT2D eigenvalue weighted by Crippen LogP contribution is -2.61. The van der Waals surface area contributed by atoms with Crippen LogP contribution in [0.15, 0.2) is 0 Å². The lowest BCUT2D eigenvalue weighted by atomic mass is 9.38. The van der Waals surface area contributed by atoms with Crippen LogP contribution >= 0.6 is 0 Å². The highest BCUT2D eigenvalue weighted by Crippen LogP contribution is 2.80. The maximum absolute atomic E-state index is 7.27. The first kappa shape index (κ1) is 27.1. The maximum Gasteiger partial charge on any atom is 0.172 e. The van der Waals surface area contributed by atoms with Gasteiger partial charge in [-0.2, -0.15) is 0 Å². The molecule has 4 aliphatic carbocycles. The molecule has 3 nitrogen and oxygen atoms in total. The molecule has 0 aromatic carbocycles. The molecule has 2 saturated heterocycles. The van der Waals surface area contributed by atoms with Crippen molar-refractivity contribution in [2.24, 2.45) is 63.1 Å². The number of hydrogen-bond acceptors (Lipinski definition) is 3. The van der Waals surface area contributed by atoms with Gasteiger partial charge in [-0.1, -0.05) is 55.4 Å². The molecule has 6 aliphatic rings. The highest BCUT2D eigenvalue weighted by atomic mass is 16.7. The highest BCUT2D eigenvalue weighted by molar-refractivity contribution is 5.24. The van der Waals surface area contributed by atoms with Crippen molar-refractivity contribution in [3.8, 4) is 0 Å². The van der Waals surface area contributed by atoms with E-state index in [0.29, 0.717) is 52.1 Å². The molecule has 0 N–H and O–H groups in total. The molecule has 3 heteroatoms. The molecule has 6 fully saturated rings. The summed E-state index contributed by atoms with van der Waals surface area (Å²) in [5.41, 5.74) is 1.29. The first-order valence-corrected chi connectivity index (χ1v) is 16.2. The molecule has 212 valence electrons. The van der Waals surface area contributed by atoms with E-state index in [4.69, 9.17) is 14.2 Å². The zero-order valence-corrected chi connectivity index (χ0v) is 25.9. The summed E-state index contributed by atoms with van der Waals surface area (Å²) in [4.78, 5) is 0. The van der Waals surface area contributed by atoms with E-state index < -0.39 is 0 Å². The summed E-state index contributed by atoms with van der Waals surface area (Å²) in [5, 5.41) is 0. The minimum atomic E-state index is -0.386. The van der Waals surface area contributed by atoms with Crippen molar-refractivity contribution in [1.82, 2.24) is 0 Å².